The van der Waals surface area contributed by atoms with Gasteiger partial charge in [0.1, 0.15) is 0 Å². The molecule has 0 fully saturated rings. The van der Waals surface area contributed by atoms with E-state index < -0.39 is 5.91 Å². The van der Waals surface area contributed by atoms with Gasteiger partial charge in [-0.15, -0.1) is 0 Å². The Labute approximate surface area is 92.0 Å². The molecule has 0 saturated heterocycles. The molecule has 0 aliphatic rings. The molecule has 2 nitrogen and oxygen atoms in total. The van der Waals surface area contributed by atoms with Gasteiger partial charge in [-0.05, 0) is 12.1 Å². The van der Waals surface area contributed by atoms with Gasteiger partial charge < -0.3 is 5.73 Å². The van der Waals surface area contributed by atoms with Crippen LogP contribution in [0.2, 0.25) is 10.0 Å². The lowest BCUT2D eigenvalue weighted by atomic mass is 10.2. The number of carbonyl (C=O) groups is 1. The SMILES string of the molecule is NC(=O)CC#Cc1c(Cl)cccc1Cl. The van der Waals surface area contributed by atoms with Crippen molar-refractivity contribution in [1.29, 1.82) is 0 Å². The van der Waals surface area contributed by atoms with Crippen LogP contribution in [0.3, 0.4) is 0 Å². The topological polar surface area (TPSA) is 43.1 Å². The van der Waals surface area contributed by atoms with Gasteiger partial charge in [0.25, 0.3) is 0 Å². The fourth-order valence-corrected chi connectivity index (χ4v) is 1.33. The third kappa shape index (κ3) is 2.95. The molecule has 0 aromatic heterocycles. The van der Waals surface area contributed by atoms with E-state index in [1.165, 1.54) is 0 Å². The quantitative estimate of drug-likeness (QED) is 0.735. The van der Waals surface area contributed by atoms with E-state index in [0.717, 1.165) is 0 Å². The van der Waals surface area contributed by atoms with Crippen molar-refractivity contribution in [1.82, 2.24) is 0 Å². The summed E-state index contributed by atoms with van der Waals surface area (Å²) >= 11 is 11.7. The van der Waals surface area contributed by atoms with Gasteiger partial charge in [0.05, 0.1) is 22.0 Å². The van der Waals surface area contributed by atoms with E-state index in [1.54, 1.807) is 18.2 Å². The number of primary amides is 1. The second-order valence-electron chi connectivity index (χ2n) is 2.54. The summed E-state index contributed by atoms with van der Waals surface area (Å²) in [6, 6.07) is 5.09. The van der Waals surface area contributed by atoms with Gasteiger partial charge in [-0.1, -0.05) is 41.1 Å². The summed E-state index contributed by atoms with van der Waals surface area (Å²) in [7, 11) is 0. The Balaban J connectivity index is 2.94. The Morgan fingerprint density at radius 2 is 1.93 bits per heavy atom. The maximum atomic E-state index is 10.4. The van der Waals surface area contributed by atoms with Crippen molar-refractivity contribution in [2.45, 2.75) is 6.42 Å². The van der Waals surface area contributed by atoms with E-state index in [-0.39, 0.29) is 6.42 Å². The van der Waals surface area contributed by atoms with E-state index in [1.807, 2.05) is 0 Å². The molecule has 0 radical (unpaired) electrons. The van der Waals surface area contributed by atoms with Crippen LogP contribution in [0.15, 0.2) is 18.2 Å². The molecule has 72 valence electrons. The minimum absolute atomic E-state index is 0.00154. The lowest BCUT2D eigenvalue weighted by molar-refractivity contribution is -0.117. The standard InChI is InChI=1S/C10H7Cl2NO/c11-8-4-2-5-9(12)7(8)3-1-6-10(13)14/h2,4-5H,6H2,(H2,13,14). The van der Waals surface area contributed by atoms with Crippen molar-refractivity contribution in [3.8, 4) is 11.8 Å². The fraction of sp³-hybridized carbons (Fsp3) is 0.100. The third-order valence-electron chi connectivity index (χ3n) is 1.44. The fourth-order valence-electron chi connectivity index (χ4n) is 0.837. The normalized spacial score (nSPS) is 9.00. The van der Waals surface area contributed by atoms with Gasteiger partial charge in [0.15, 0.2) is 0 Å². The first-order valence-electron chi connectivity index (χ1n) is 3.82. The maximum absolute atomic E-state index is 10.4. The number of amides is 1. The lowest BCUT2D eigenvalue weighted by Crippen LogP contribution is -2.08. The predicted octanol–water partition coefficient (Wildman–Crippen LogP) is 2.22. The van der Waals surface area contributed by atoms with Crippen LogP contribution in [-0.4, -0.2) is 5.91 Å². The van der Waals surface area contributed by atoms with E-state index in [9.17, 15) is 4.79 Å². The summed E-state index contributed by atoms with van der Waals surface area (Å²) in [6.07, 6.45) is 0.00154. The highest BCUT2D eigenvalue weighted by atomic mass is 35.5. The summed E-state index contributed by atoms with van der Waals surface area (Å²) in [6.45, 7) is 0. The number of nitrogens with two attached hydrogens (primary N) is 1. The summed E-state index contributed by atoms with van der Waals surface area (Å²) in [5, 5.41) is 0.934. The van der Waals surface area contributed by atoms with Crippen LogP contribution in [-0.2, 0) is 4.79 Å². The predicted molar refractivity (Wildman–Crippen MR) is 57.2 cm³/mol. The second-order valence-corrected chi connectivity index (χ2v) is 3.36. The smallest absolute Gasteiger partial charge is 0.229 e. The summed E-state index contributed by atoms with van der Waals surface area (Å²) in [5.74, 6) is 4.82. The minimum Gasteiger partial charge on any atom is -0.369 e. The van der Waals surface area contributed by atoms with Crippen LogP contribution in [0.25, 0.3) is 0 Å². The van der Waals surface area contributed by atoms with Crippen LogP contribution in [0, 0.1) is 11.8 Å². The van der Waals surface area contributed by atoms with Crippen LogP contribution in [0.4, 0.5) is 0 Å². The molecular formula is C10H7Cl2NO. The number of hydrogen-bond acceptors (Lipinski definition) is 1. The van der Waals surface area contributed by atoms with Crippen LogP contribution in [0.1, 0.15) is 12.0 Å². The maximum Gasteiger partial charge on any atom is 0.229 e. The molecule has 1 aromatic rings. The molecule has 0 spiro atoms. The summed E-state index contributed by atoms with van der Waals surface area (Å²) in [5.41, 5.74) is 5.45. The minimum atomic E-state index is -0.472. The molecule has 1 amide bonds. The highest BCUT2D eigenvalue weighted by Gasteiger charge is 2.00. The van der Waals surface area contributed by atoms with Gasteiger partial charge in [-0.3, -0.25) is 4.79 Å². The molecule has 0 heterocycles. The van der Waals surface area contributed by atoms with E-state index in [0.29, 0.717) is 15.6 Å². The first kappa shape index (κ1) is 10.9. The number of hydrogen-bond donors (Lipinski definition) is 1. The van der Waals surface area contributed by atoms with Gasteiger partial charge in [-0.2, -0.15) is 0 Å². The molecule has 0 aliphatic carbocycles. The molecule has 0 unspecified atom stereocenters. The van der Waals surface area contributed by atoms with Crippen molar-refractivity contribution in [2.24, 2.45) is 5.73 Å². The molecule has 0 atom stereocenters. The highest BCUT2D eigenvalue weighted by Crippen LogP contribution is 2.22. The van der Waals surface area contributed by atoms with Crippen molar-refractivity contribution < 1.29 is 4.79 Å². The largest absolute Gasteiger partial charge is 0.369 e. The van der Waals surface area contributed by atoms with Crippen molar-refractivity contribution >= 4 is 29.1 Å². The molecule has 14 heavy (non-hydrogen) atoms. The Hall–Kier alpha value is -1.17. The van der Waals surface area contributed by atoms with E-state index in [4.69, 9.17) is 28.9 Å². The van der Waals surface area contributed by atoms with Crippen LogP contribution in [0.5, 0.6) is 0 Å². The zero-order chi connectivity index (χ0) is 10.6. The third-order valence-corrected chi connectivity index (χ3v) is 2.07. The zero-order valence-electron chi connectivity index (χ0n) is 7.18. The first-order chi connectivity index (χ1) is 6.61. The molecule has 2 N–H and O–H groups in total. The summed E-state index contributed by atoms with van der Waals surface area (Å²) < 4.78 is 0. The van der Waals surface area contributed by atoms with E-state index in [2.05, 4.69) is 11.8 Å². The molecule has 0 bridgehead atoms. The molecule has 0 aliphatic heterocycles. The molecule has 4 heteroatoms. The monoisotopic (exact) mass is 227 g/mol. The Kier molecular flexibility index (Phi) is 3.82. The van der Waals surface area contributed by atoms with Gasteiger partial charge >= 0.3 is 0 Å². The van der Waals surface area contributed by atoms with E-state index >= 15 is 0 Å². The average Bonchev–Trinajstić information content (AvgIpc) is 2.09. The van der Waals surface area contributed by atoms with Crippen molar-refractivity contribution in [3.05, 3.63) is 33.8 Å². The van der Waals surface area contributed by atoms with Crippen LogP contribution < -0.4 is 5.73 Å². The van der Waals surface area contributed by atoms with Crippen molar-refractivity contribution in [2.75, 3.05) is 0 Å². The number of benzene rings is 1. The number of rotatable bonds is 1. The average molecular weight is 228 g/mol. The first-order valence-corrected chi connectivity index (χ1v) is 4.58. The Morgan fingerprint density at radius 3 is 2.43 bits per heavy atom. The Bertz CT molecular complexity index is 398. The van der Waals surface area contributed by atoms with Crippen molar-refractivity contribution in [3.63, 3.8) is 0 Å². The van der Waals surface area contributed by atoms with Gasteiger partial charge in [0.2, 0.25) is 5.91 Å². The number of carbonyl (C=O) groups excluding carboxylic acids is 1. The van der Waals surface area contributed by atoms with Gasteiger partial charge in [0, 0.05) is 0 Å². The zero-order valence-corrected chi connectivity index (χ0v) is 8.69. The van der Waals surface area contributed by atoms with Gasteiger partial charge in [-0.25, -0.2) is 0 Å². The molecule has 1 aromatic carbocycles. The summed E-state index contributed by atoms with van der Waals surface area (Å²) in [4.78, 5) is 10.4. The lowest BCUT2D eigenvalue weighted by Gasteiger charge is -1.97. The number of halogens is 2. The van der Waals surface area contributed by atoms with Crippen LogP contribution >= 0.6 is 23.2 Å². The second kappa shape index (κ2) is 4.90. The molecule has 0 saturated carbocycles. The Morgan fingerprint density at radius 1 is 1.36 bits per heavy atom. The molecular weight excluding hydrogens is 221 g/mol. The molecule has 1 rings (SSSR count). The highest BCUT2D eigenvalue weighted by molar-refractivity contribution is 6.36.